The van der Waals surface area contributed by atoms with Crippen molar-refractivity contribution in [2.45, 2.75) is 33.3 Å². The third-order valence-corrected chi connectivity index (χ3v) is 4.64. The van der Waals surface area contributed by atoms with Crippen LogP contribution in [0.3, 0.4) is 0 Å². The molecule has 6 heteroatoms. The molecule has 5 nitrogen and oxygen atoms in total. The number of rotatable bonds is 9. The van der Waals surface area contributed by atoms with Crippen molar-refractivity contribution in [1.29, 1.82) is 0 Å². The van der Waals surface area contributed by atoms with Gasteiger partial charge >= 0.3 is 0 Å². The van der Waals surface area contributed by atoms with E-state index >= 15 is 0 Å². The molecule has 0 heterocycles. The lowest BCUT2D eigenvalue weighted by Gasteiger charge is -2.20. The Hall–Kier alpha value is -2.34. The standard InChI is InChI=1S/C21H26BrN3O2/c1-4-20(27-19-9-7-8-17(22)14-19)21(26)24-23-15-16-10-12-18(13-11-16)25(5-2)6-3/h7-15,20H,4-6H2,1-3H3,(H,24,26)/b23-15-. The number of halogens is 1. The number of anilines is 1. The third kappa shape index (κ3) is 6.40. The lowest BCUT2D eigenvalue weighted by atomic mass is 10.2. The van der Waals surface area contributed by atoms with Crippen LogP contribution in [0.5, 0.6) is 5.75 Å². The van der Waals surface area contributed by atoms with Gasteiger partial charge in [0.15, 0.2) is 6.10 Å². The van der Waals surface area contributed by atoms with E-state index in [4.69, 9.17) is 4.74 Å². The average molecular weight is 432 g/mol. The Bertz CT molecular complexity index is 758. The molecule has 0 aliphatic carbocycles. The number of carbonyl (C=O) groups excluding carboxylic acids is 1. The van der Waals surface area contributed by atoms with Gasteiger partial charge in [0.25, 0.3) is 5.91 Å². The van der Waals surface area contributed by atoms with Crippen LogP contribution in [-0.4, -0.2) is 31.3 Å². The predicted molar refractivity (Wildman–Crippen MR) is 115 cm³/mol. The van der Waals surface area contributed by atoms with Crippen LogP contribution < -0.4 is 15.1 Å². The van der Waals surface area contributed by atoms with Crippen LogP contribution >= 0.6 is 15.9 Å². The van der Waals surface area contributed by atoms with Gasteiger partial charge in [0.2, 0.25) is 0 Å². The molecule has 1 N–H and O–H groups in total. The summed E-state index contributed by atoms with van der Waals surface area (Å²) in [5.41, 5.74) is 4.66. The second-order valence-electron chi connectivity index (χ2n) is 5.97. The van der Waals surface area contributed by atoms with E-state index in [1.54, 1.807) is 6.21 Å². The molecule has 1 atom stereocenters. The number of nitrogens with one attached hydrogen (secondary N) is 1. The van der Waals surface area contributed by atoms with Gasteiger partial charge in [-0.25, -0.2) is 5.43 Å². The highest BCUT2D eigenvalue weighted by molar-refractivity contribution is 9.10. The zero-order valence-electron chi connectivity index (χ0n) is 16.0. The highest BCUT2D eigenvalue weighted by Gasteiger charge is 2.17. The Morgan fingerprint density at radius 3 is 2.48 bits per heavy atom. The van der Waals surface area contributed by atoms with Crippen molar-refractivity contribution < 1.29 is 9.53 Å². The maximum Gasteiger partial charge on any atom is 0.281 e. The number of nitrogens with zero attached hydrogens (tertiary/aromatic N) is 2. The Morgan fingerprint density at radius 2 is 1.89 bits per heavy atom. The quantitative estimate of drug-likeness (QED) is 0.466. The summed E-state index contributed by atoms with van der Waals surface area (Å²) < 4.78 is 6.66. The normalized spacial score (nSPS) is 12.0. The van der Waals surface area contributed by atoms with Crippen LogP contribution in [0.2, 0.25) is 0 Å². The van der Waals surface area contributed by atoms with Gasteiger partial charge in [-0.15, -0.1) is 0 Å². The molecule has 0 fully saturated rings. The van der Waals surface area contributed by atoms with Crippen LogP contribution in [-0.2, 0) is 4.79 Å². The van der Waals surface area contributed by atoms with Crippen LogP contribution in [0.15, 0.2) is 58.1 Å². The Balaban J connectivity index is 1.92. The number of amides is 1. The smallest absolute Gasteiger partial charge is 0.281 e. The highest BCUT2D eigenvalue weighted by Crippen LogP contribution is 2.19. The molecule has 1 amide bonds. The highest BCUT2D eigenvalue weighted by atomic mass is 79.9. The second kappa shape index (κ2) is 10.7. The monoisotopic (exact) mass is 431 g/mol. The largest absolute Gasteiger partial charge is 0.481 e. The summed E-state index contributed by atoms with van der Waals surface area (Å²) in [4.78, 5) is 14.6. The van der Waals surface area contributed by atoms with Gasteiger partial charge in [0.05, 0.1) is 6.21 Å². The van der Waals surface area contributed by atoms with Crippen molar-refractivity contribution in [3.63, 3.8) is 0 Å². The molecule has 2 rings (SSSR count). The van der Waals surface area contributed by atoms with Gasteiger partial charge in [-0.1, -0.05) is 41.1 Å². The van der Waals surface area contributed by atoms with Gasteiger partial charge in [-0.05, 0) is 56.2 Å². The van der Waals surface area contributed by atoms with Gasteiger partial charge in [0.1, 0.15) is 5.75 Å². The molecule has 144 valence electrons. The molecule has 2 aromatic carbocycles. The molecule has 0 saturated heterocycles. The molecule has 0 bridgehead atoms. The fraction of sp³-hybridized carbons (Fsp3) is 0.333. The third-order valence-electron chi connectivity index (χ3n) is 4.15. The SMILES string of the molecule is CCC(Oc1cccc(Br)c1)C(=O)N/N=C\c1ccc(N(CC)CC)cc1. The van der Waals surface area contributed by atoms with Crippen molar-refractivity contribution in [3.8, 4) is 5.75 Å². The number of benzene rings is 2. The van der Waals surface area contributed by atoms with Gasteiger partial charge in [-0.2, -0.15) is 5.10 Å². The van der Waals surface area contributed by atoms with E-state index in [-0.39, 0.29) is 5.91 Å². The fourth-order valence-electron chi connectivity index (χ4n) is 2.63. The fourth-order valence-corrected chi connectivity index (χ4v) is 3.01. The van der Waals surface area contributed by atoms with Crippen LogP contribution in [0.1, 0.15) is 32.8 Å². The number of carbonyl (C=O) groups is 1. The minimum atomic E-state index is -0.596. The Labute approximate surface area is 169 Å². The zero-order valence-corrected chi connectivity index (χ0v) is 17.6. The molecule has 27 heavy (non-hydrogen) atoms. The number of hydrogen-bond donors (Lipinski definition) is 1. The molecule has 0 saturated carbocycles. The lowest BCUT2D eigenvalue weighted by molar-refractivity contribution is -0.128. The van der Waals surface area contributed by atoms with E-state index in [1.165, 1.54) is 5.69 Å². The average Bonchev–Trinajstić information content (AvgIpc) is 2.68. The first-order valence-electron chi connectivity index (χ1n) is 9.17. The summed E-state index contributed by atoms with van der Waals surface area (Å²) >= 11 is 3.39. The number of hydrogen-bond acceptors (Lipinski definition) is 4. The summed E-state index contributed by atoms with van der Waals surface area (Å²) in [5.74, 6) is 0.371. The van der Waals surface area contributed by atoms with Crippen molar-refractivity contribution in [2.24, 2.45) is 5.10 Å². The van der Waals surface area contributed by atoms with E-state index in [0.29, 0.717) is 12.2 Å². The Morgan fingerprint density at radius 1 is 1.19 bits per heavy atom. The second-order valence-corrected chi connectivity index (χ2v) is 6.89. The first-order chi connectivity index (χ1) is 13.1. The molecule has 0 aliphatic heterocycles. The van der Waals surface area contributed by atoms with E-state index in [2.05, 4.69) is 57.3 Å². The maximum atomic E-state index is 12.3. The summed E-state index contributed by atoms with van der Waals surface area (Å²) in [6.07, 6.45) is 1.59. The molecule has 0 radical (unpaired) electrons. The molecular weight excluding hydrogens is 406 g/mol. The van der Waals surface area contributed by atoms with Crippen molar-refractivity contribution in [2.75, 3.05) is 18.0 Å². The first kappa shape index (κ1) is 21.0. The van der Waals surface area contributed by atoms with E-state index < -0.39 is 6.10 Å². The molecule has 0 spiro atoms. The van der Waals surface area contributed by atoms with Gasteiger partial charge in [-0.3, -0.25) is 4.79 Å². The molecule has 2 aromatic rings. The topological polar surface area (TPSA) is 53.9 Å². The van der Waals surface area contributed by atoms with E-state index in [9.17, 15) is 4.79 Å². The lowest BCUT2D eigenvalue weighted by Crippen LogP contribution is -2.35. The van der Waals surface area contributed by atoms with Gasteiger partial charge in [0, 0.05) is 23.2 Å². The van der Waals surface area contributed by atoms with Gasteiger partial charge < -0.3 is 9.64 Å². The zero-order chi connectivity index (χ0) is 19.6. The van der Waals surface area contributed by atoms with Crippen molar-refractivity contribution in [3.05, 3.63) is 58.6 Å². The minimum absolute atomic E-state index is 0.270. The molecule has 0 aliphatic rings. The number of ether oxygens (including phenoxy) is 1. The Kier molecular flexibility index (Phi) is 8.33. The molecule has 1 unspecified atom stereocenters. The van der Waals surface area contributed by atoms with Crippen molar-refractivity contribution >= 4 is 33.7 Å². The van der Waals surface area contributed by atoms with E-state index in [1.807, 2.05) is 43.3 Å². The van der Waals surface area contributed by atoms with E-state index in [0.717, 1.165) is 23.1 Å². The summed E-state index contributed by atoms with van der Waals surface area (Å²) in [6.45, 7) is 8.11. The first-order valence-corrected chi connectivity index (χ1v) is 9.96. The van der Waals surface area contributed by atoms with Crippen LogP contribution in [0.25, 0.3) is 0 Å². The minimum Gasteiger partial charge on any atom is -0.481 e. The predicted octanol–water partition coefficient (Wildman–Crippen LogP) is 4.60. The maximum absolute atomic E-state index is 12.3. The summed E-state index contributed by atoms with van der Waals surface area (Å²) in [5, 5.41) is 4.06. The van der Waals surface area contributed by atoms with Crippen LogP contribution in [0.4, 0.5) is 5.69 Å². The van der Waals surface area contributed by atoms with Crippen LogP contribution in [0, 0.1) is 0 Å². The summed E-state index contributed by atoms with van der Waals surface area (Å²) in [7, 11) is 0. The molecular formula is C21H26BrN3O2. The molecule has 0 aromatic heterocycles. The number of hydrazone groups is 1. The van der Waals surface area contributed by atoms with Crippen molar-refractivity contribution in [1.82, 2.24) is 5.43 Å². The summed E-state index contributed by atoms with van der Waals surface area (Å²) in [6, 6.07) is 15.5.